The van der Waals surface area contributed by atoms with Crippen LogP contribution in [0.4, 0.5) is 0 Å². The SMILES string of the molecule is CCCCCC=CC1C2CC(O)C(CCCCCCC(=O)OC)C12. The molecule has 0 aromatic heterocycles. The smallest absolute Gasteiger partial charge is 0.305 e. The van der Waals surface area contributed by atoms with Crippen molar-refractivity contribution in [3.8, 4) is 0 Å². The molecule has 5 atom stereocenters. The van der Waals surface area contributed by atoms with Gasteiger partial charge in [0.1, 0.15) is 0 Å². The zero-order valence-electron chi connectivity index (χ0n) is 15.6. The number of carbonyl (C=O) groups is 1. The van der Waals surface area contributed by atoms with Crippen molar-refractivity contribution in [1.82, 2.24) is 0 Å². The highest BCUT2D eigenvalue weighted by atomic mass is 16.5. The molecule has 2 rings (SSSR count). The minimum absolute atomic E-state index is 0.0696. The fraction of sp³-hybridized carbons (Fsp3) is 0.857. The van der Waals surface area contributed by atoms with Crippen LogP contribution in [0.25, 0.3) is 0 Å². The predicted molar refractivity (Wildman–Crippen MR) is 97.6 cm³/mol. The zero-order chi connectivity index (χ0) is 17.4. The Kier molecular flexibility index (Phi) is 8.31. The van der Waals surface area contributed by atoms with Gasteiger partial charge in [-0.05, 0) is 55.8 Å². The molecule has 138 valence electrons. The van der Waals surface area contributed by atoms with Gasteiger partial charge in [-0.2, -0.15) is 0 Å². The predicted octanol–water partition coefficient (Wildman–Crippen LogP) is 4.88. The molecule has 3 nitrogen and oxygen atoms in total. The first-order valence-electron chi connectivity index (χ1n) is 10.1. The van der Waals surface area contributed by atoms with E-state index in [1.165, 1.54) is 39.2 Å². The molecule has 0 aromatic rings. The number of hydrogen-bond acceptors (Lipinski definition) is 3. The molecule has 0 aromatic carbocycles. The summed E-state index contributed by atoms with van der Waals surface area (Å²) in [6, 6.07) is 0. The van der Waals surface area contributed by atoms with Gasteiger partial charge < -0.3 is 9.84 Å². The lowest BCUT2D eigenvalue weighted by Crippen LogP contribution is -2.19. The first-order chi connectivity index (χ1) is 11.7. The van der Waals surface area contributed by atoms with Crippen LogP contribution in [0, 0.1) is 23.7 Å². The van der Waals surface area contributed by atoms with Gasteiger partial charge in [0.15, 0.2) is 0 Å². The quantitative estimate of drug-likeness (QED) is 0.314. The molecule has 1 N–H and O–H groups in total. The molecule has 24 heavy (non-hydrogen) atoms. The van der Waals surface area contributed by atoms with E-state index < -0.39 is 0 Å². The number of aliphatic hydroxyl groups is 1. The third-order valence-electron chi connectivity index (χ3n) is 6.02. The second-order valence-corrected chi connectivity index (χ2v) is 7.74. The van der Waals surface area contributed by atoms with E-state index in [4.69, 9.17) is 0 Å². The molecule has 3 heteroatoms. The number of unbranched alkanes of at least 4 members (excludes halogenated alkanes) is 6. The van der Waals surface area contributed by atoms with Crippen molar-refractivity contribution in [2.75, 3.05) is 7.11 Å². The van der Waals surface area contributed by atoms with Gasteiger partial charge in [-0.1, -0.05) is 51.2 Å². The fourth-order valence-electron chi connectivity index (χ4n) is 4.58. The zero-order valence-corrected chi connectivity index (χ0v) is 15.6. The standard InChI is InChI=1S/C21H36O3/c1-3-4-5-6-9-12-16-18-15-19(22)17(21(16)18)13-10-7-8-11-14-20(23)24-2/h9,12,16-19,21-22H,3-8,10-11,13-15H2,1-2H3. The molecule has 0 amide bonds. The molecule has 0 saturated heterocycles. The number of esters is 1. The van der Waals surface area contributed by atoms with Crippen molar-refractivity contribution in [3.05, 3.63) is 12.2 Å². The van der Waals surface area contributed by atoms with Gasteiger partial charge >= 0.3 is 5.97 Å². The summed E-state index contributed by atoms with van der Waals surface area (Å²) >= 11 is 0. The van der Waals surface area contributed by atoms with Crippen LogP contribution < -0.4 is 0 Å². The normalized spacial score (nSPS) is 31.4. The summed E-state index contributed by atoms with van der Waals surface area (Å²) in [4.78, 5) is 11.1. The molecule has 0 spiro atoms. The summed E-state index contributed by atoms with van der Waals surface area (Å²) in [5, 5.41) is 10.3. The van der Waals surface area contributed by atoms with E-state index in [0.29, 0.717) is 12.3 Å². The molecule has 0 radical (unpaired) electrons. The van der Waals surface area contributed by atoms with Crippen molar-refractivity contribution in [1.29, 1.82) is 0 Å². The van der Waals surface area contributed by atoms with Gasteiger partial charge in [-0.3, -0.25) is 4.79 Å². The largest absolute Gasteiger partial charge is 0.469 e. The summed E-state index contributed by atoms with van der Waals surface area (Å²) in [6.07, 6.45) is 17.0. The number of carbonyl (C=O) groups excluding carboxylic acids is 1. The Bertz CT molecular complexity index is 404. The van der Waals surface area contributed by atoms with Crippen LogP contribution in [0.1, 0.15) is 77.6 Å². The summed E-state index contributed by atoms with van der Waals surface area (Å²) < 4.78 is 4.66. The molecular formula is C21H36O3. The fourth-order valence-corrected chi connectivity index (χ4v) is 4.58. The maximum absolute atomic E-state index is 11.1. The average molecular weight is 337 g/mol. The van der Waals surface area contributed by atoms with Crippen molar-refractivity contribution in [3.63, 3.8) is 0 Å². The van der Waals surface area contributed by atoms with E-state index in [2.05, 4.69) is 23.8 Å². The van der Waals surface area contributed by atoms with Crippen molar-refractivity contribution in [2.24, 2.45) is 23.7 Å². The average Bonchev–Trinajstić information content (AvgIpc) is 3.13. The lowest BCUT2D eigenvalue weighted by atomic mass is 9.91. The molecule has 2 aliphatic carbocycles. The van der Waals surface area contributed by atoms with Crippen molar-refractivity contribution in [2.45, 2.75) is 83.7 Å². The van der Waals surface area contributed by atoms with Crippen LogP contribution in [0.2, 0.25) is 0 Å². The Morgan fingerprint density at radius 3 is 2.71 bits per heavy atom. The van der Waals surface area contributed by atoms with E-state index in [1.807, 2.05) is 0 Å². The topological polar surface area (TPSA) is 46.5 Å². The monoisotopic (exact) mass is 336 g/mol. The summed E-state index contributed by atoms with van der Waals surface area (Å²) in [7, 11) is 1.45. The second kappa shape index (κ2) is 10.2. The van der Waals surface area contributed by atoms with Crippen LogP contribution in [0.3, 0.4) is 0 Å². The molecule has 2 aliphatic rings. The molecule has 2 saturated carbocycles. The van der Waals surface area contributed by atoms with E-state index in [-0.39, 0.29) is 12.1 Å². The Balaban J connectivity index is 1.58. The first-order valence-corrected chi connectivity index (χ1v) is 10.1. The van der Waals surface area contributed by atoms with E-state index in [0.717, 1.165) is 49.9 Å². The van der Waals surface area contributed by atoms with Crippen LogP contribution in [-0.2, 0) is 9.53 Å². The maximum Gasteiger partial charge on any atom is 0.305 e. The Morgan fingerprint density at radius 1 is 1.17 bits per heavy atom. The minimum atomic E-state index is -0.101. The minimum Gasteiger partial charge on any atom is -0.469 e. The van der Waals surface area contributed by atoms with Crippen LogP contribution >= 0.6 is 0 Å². The van der Waals surface area contributed by atoms with Gasteiger partial charge in [0, 0.05) is 6.42 Å². The van der Waals surface area contributed by atoms with Crippen LogP contribution in [-0.4, -0.2) is 24.3 Å². The number of aliphatic hydroxyl groups excluding tert-OH is 1. The third kappa shape index (κ3) is 5.61. The highest BCUT2D eigenvalue weighted by Gasteiger charge is 2.59. The number of methoxy groups -OCH3 is 1. The third-order valence-corrected chi connectivity index (χ3v) is 6.02. The summed E-state index contributed by atoms with van der Waals surface area (Å²) in [6.45, 7) is 2.25. The van der Waals surface area contributed by atoms with Crippen molar-refractivity contribution < 1.29 is 14.6 Å². The second-order valence-electron chi connectivity index (χ2n) is 7.74. The van der Waals surface area contributed by atoms with E-state index in [1.54, 1.807) is 0 Å². The highest BCUT2D eigenvalue weighted by molar-refractivity contribution is 5.68. The first kappa shape index (κ1) is 19.5. The van der Waals surface area contributed by atoms with Gasteiger partial charge in [0.05, 0.1) is 13.2 Å². The Hall–Kier alpha value is -0.830. The van der Waals surface area contributed by atoms with Crippen molar-refractivity contribution >= 4 is 5.97 Å². The number of ether oxygens (including phenoxy) is 1. The number of hydrogen-bond donors (Lipinski definition) is 1. The lowest BCUT2D eigenvalue weighted by Gasteiger charge is -2.19. The van der Waals surface area contributed by atoms with E-state index in [9.17, 15) is 9.90 Å². The Labute approximate surface area is 147 Å². The highest BCUT2D eigenvalue weighted by Crippen LogP contribution is 2.62. The van der Waals surface area contributed by atoms with Crippen LogP contribution in [0.15, 0.2) is 12.2 Å². The van der Waals surface area contributed by atoms with Gasteiger partial charge in [-0.15, -0.1) is 0 Å². The number of rotatable bonds is 12. The number of allylic oxidation sites excluding steroid dienone is 2. The lowest BCUT2D eigenvalue weighted by molar-refractivity contribution is -0.140. The molecular weight excluding hydrogens is 300 g/mol. The molecule has 0 bridgehead atoms. The van der Waals surface area contributed by atoms with E-state index >= 15 is 0 Å². The van der Waals surface area contributed by atoms with Gasteiger partial charge in [0.2, 0.25) is 0 Å². The van der Waals surface area contributed by atoms with Gasteiger partial charge in [0.25, 0.3) is 0 Å². The molecule has 2 fully saturated rings. The molecule has 0 aliphatic heterocycles. The van der Waals surface area contributed by atoms with Crippen LogP contribution in [0.5, 0.6) is 0 Å². The van der Waals surface area contributed by atoms with Gasteiger partial charge in [-0.25, -0.2) is 0 Å². The number of fused-ring (bicyclic) bond motifs is 1. The molecule has 0 heterocycles. The summed E-state index contributed by atoms with van der Waals surface area (Å²) in [5.41, 5.74) is 0. The summed E-state index contributed by atoms with van der Waals surface area (Å²) in [5.74, 6) is 2.67. The maximum atomic E-state index is 11.1. The Morgan fingerprint density at radius 2 is 1.96 bits per heavy atom. The molecule has 5 unspecified atom stereocenters.